The Morgan fingerprint density at radius 2 is 1.94 bits per heavy atom. The van der Waals surface area contributed by atoms with Crippen molar-refractivity contribution in [2.75, 3.05) is 18.5 Å². The number of hydrogen-bond acceptors (Lipinski definition) is 6. The fourth-order valence-electron chi connectivity index (χ4n) is 3.31. The Hall–Kier alpha value is -2.16. The number of anilines is 1. The van der Waals surface area contributed by atoms with Crippen molar-refractivity contribution in [3.05, 3.63) is 70.1 Å². The Bertz CT molecular complexity index is 1090. The number of benzene rings is 2. The summed E-state index contributed by atoms with van der Waals surface area (Å²) in [5.41, 5.74) is 2.97. The van der Waals surface area contributed by atoms with E-state index in [1.165, 1.54) is 6.07 Å². The molecule has 1 radical (unpaired) electrons. The van der Waals surface area contributed by atoms with Crippen LogP contribution in [0.5, 0.6) is 0 Å². The number of aryl methyl sites for hydroxylation is 1. The van der Waals surface area contributed by atoms with E-state index in [1.54, 1.807) is 30.5 Å². The molecule has 1 saturated heterocycles. The van der Waals surface area contributed by atoms with E-state index in [2.05, 4.69) is 26.4 Å². The maximum absolute atomic E-state index is 13.5. The van der Waals surface area contributed by atoms with Crippen molar-refractivity contribution in [3.8, 4) is 11.3 Å². The van der Waals surface area contributed by atoms with Gasteiger partial charge in [0, 0.05) is 23.2 Å². The Morgan fingerprint density at radius 1 is 1.19 bits per heavy atom. The first-order valence-corrected chi connectivity index (χ1v) is 12.7. The maximum Gasteiger partial charge on any atom is 0.235 e. The molecule has 4 rings (SSSR count). The van der Waals surface area contributed by atoms with Crippen molar-refractivity contribution in [1.82, 2.24) is 5.16 Å². The molecule has 0 unspecified atom stereocenters. The van der Waals surface area contributed by atoms with Gasteiger partial charge < -0.3 is 23.8 Å². The lowest BCUT2D eigenvalue weighted by Gasteiger charge is -2.32. The number of aromatic nitrogens is 1. The maximum atomic E-state index is 13.5. The molecule has 0 bridgehead atoms. The van der Waals surface area contributed by atoms with Crippen LogP contribution in [0.25, 0.3) is 11.3 Å². The molecular weight excluding hydrogens is 502 g/mol. The first kappa shape index (κ1) is 23.0. The topological polar surface area (TPSA) is 93.8 Å². The van der Waals surface area contributed by atoms with Crippen molar-refractivity contribution in [3.63, 3.8) is 0 Å². The average Bonchev–Trinajstić information content (AvgIpc) is 3.25. The van der Waals surface area contributed by atoms with Gasteiger partial charge in [-0.3, -0.25) is 4.79 Å². The number of halogens is 2. The van der Waals surface area contributed by atoms with Crippen molar-refractivity contribution >= 4 is 35.5 Å². The molecule has 2 heterocycles. The smallest absolute Gasteiger partial charge is 0.235 e. The fourth-order valence-corrected chi connectivity index (χ4v) is 5.45. The van der Waals surface area contributed by atoms with Gasteiger partial charge in [0.25, 0.3) is 0 Å². The van der Waals surface area contributed by atoms with Gasteiger partial charge in [-0.15, -0.1) is 0 Å². The highest BCUT2D eigenvalue weighted by Crippen LogP contribution is 2.61. The molecule has 0 spiro atoms. The summed E-state index contributed by atoms with van der Waals surface area (Å²) >= 11 is 3.16. The first-order valence-electron chi connectivity index (χ1n) is 10.1. The molecule has 32 heavy (non-hydrogen) atoms. The zero-order valence-electron chi connectivity index (χ0n) is 17.1. The highest BCUT2D eigenvalue weighted by Gasteiger charge is 2.30. The third-order valence-electron chi connectivity index (χ3n) is 4.94. The van der Waals surface area contributed by atoms with E-state index in [4.69, 9.17) is 13.6 Å². The third kappa shape index (κ3) is 5.79. The molecule has 2 N–H and O–H groups in total. The van der Waals surface area contributed by atoms with Crippen LogP contribution in [0.2, 0.25) is 0 Å². The summed E-state index contributed by atoms with van der Waals surface area (Å²) < 4.78 is 30.0. The minimum Gasteiger partial charge on any atom is -0.356 e. The summed E-state index contributed by atoms with van der Waals surface area (Å²) in [6, 6.07) is 11.8. The molecule has 0 atom stereocenters. The van der Waals surface area contributed by atoms with E-state index in [9.17, 15) is 14.1 Å². The molecule has 3 aromatic rings. The van der Waals surface area contributed by atoms with E-state index in [1.807, 2.05) is 12.1 Å². The molecule has 1 aromatic heterocycles. The molecule has 2 aromatic carbocycles. The molecule has 0 saturated carbocycles. The van der Waals surface area contributed by atoms with Crippen molar-refractivity contribution in [2.45, 2.75) is 25.4 Å². The quantitative estimate of drug-likeness (QED) is 0.397. The largest absolute Gasteiger partial charge is 0.356 e. The van der Waals surface area contributed by atoms with Crippen LogP contribution in [0.4, 0.5) is 10.1 Å². The zero-order valence-corrected chi connectivity index (χ0v) is 19.6. The summed E-state index contributed by atoms with van der Waals surface area (Å²) in [5.74, 6) is -0.0124. The van der Waals surface area contributed by atoms with E-state index >= 15 is 0 Å². The number of hydrogen-bond donors (Lipinski definition) is 2. The van der Waals surface area contributed by atoms with Crippen molar-refractivity contribution < 1.29 is 27.6 Å². The first-order chi connectivity index (χ1) is 15.4. The summed E-state index contributed by atoms with van der Waals surface area (Å²) in [6.45, 7) is 1.01. The van der Waals surface area contributed by atoms with Gasteiger partial charge in [0.05, 0.1) is 30.0 Å². The van der Waals surface area contributed by atoms with Crippen LogP contribution in [-0.4, -0.2) is 29.2 Å². The number of carbonyl (C=O) groups is 1. The highest BCUT2D eigenvalue weighted by molar-refractivity contribution is 9.10. The Kier molecular flexibility index (Phi) is 7.33. The normalized spacial score (nSPS) is 15.5. The number of nitrogens with one attached hydrogen (secondary N) is 1. The molecule has 10 heteroatoms. The van der Waals surface area contributed by atoms with Gasteiger partial charge in [0.15, 0.2) is 5.76 Å². The molecule has 0 aliphatic carbocycles. The Morgan fingerprint density at radius 3 is 2.66 bits per heavy atom. The predicted molar refractivity (Wildman–Crippen MR) is 122 cm³/mol. The minimum absolute atomic E-state index is 0.157. The molecular formula is C22H22BrFN2O5P. The Labute approximate surface area is 193 Å². The second-order valence-corrected chi connectivity index (χ2v) is 10.3. The van der Waals surface area contributed by atoms with E-state index < -0.39 is 7.94 Å². The Balaban J connectivity index is 1.32. The monoisotopic (exact) mass is 523 g/mol. The zero-order chi connectivity index (χ0) is 22.6. The van der Waals surface area contributed by atoms with Crippen molar-refractivity contribution in [1.29, 1.82) is 0 Å². The summed E-state index contributed by atoms with van der Waals surface area (Å²) in [4.78, 5) is 22.8. The molecule has 7 nitrogen and oxygen atoms in total. The molecule has 169 valence electrons. The minimum atomic E-state index is -2.83. The van der Waals surface area contributed by atoms with Crippen molar-refractivity contribution in [2.24, 2.45) is 0 Å². The lowest BCUT2D eigenvalue weighted by atomic mass is 10.1. The van der Waals surface area contributed by atoms with Crippen LogP contribution in [0.3, 0.4) is 0 Å². The highest BCUT2D eigenvalue weighted by atomic mass is 79.9. The van der Waals surface area contributed by atoms with Gasteiger partial charge in [-0.1, -0.05) is 17.3 Å². The molecule has 1 fully saturated rings. The van der Waals surface area contributed by atoms with Gasteiger partial charge >= 0.3 is 0 Å². The van der Waals surface area contributed by atoms with Crippen LogP contribution in [0.15, 0.2) is 57.7 Å². The third-order valence-corrected chi connectivity index (χ3v) is 7.49. The SMILES string of the molecule is O=C(CCc1cnoc1-c1ccc(F)c(Br)c1)Nc1ccc(C[P]2(O)OCCCO2)cc1. The lowest BCUT2D eigenvalue weighted by Crippen LogP contribution is -2.14. The summed E-state index contributed by atoms with van der Waals surface area (Å²) in [6.07, 6.45) is 3.31. The second-order valence-electron chi connectivity index (χ2n) is 7.37. The van der Waals surface area contributed by atoms with E-state index in [0.717, 1.165) is 17.5 Å². The van der Waals surface area contributed by atoms with Gasteiger partial charge in [0.2, 0.25) is 13.9 Å². The standard InChI is InChI=1S/C22H22BrFN2O5P/c23-19-12-16(4-8-20(19)24)22-17(13-25-31-22)5-9-21(27)26-18-6-2-15(3-7-18)14-32(28)29-10-1-11-30-32/h2-4,6-8,12-13,28H,1,5,9-11,14H2,(H,26,27). The molecule has 1 aliphatic rings. The van der Waals surface area contributed by atoms with E-state index in [0.29, 0.717) is 47.3 Å². The van der Waals surface area contributed by atoms with E-state index in [-0.39, 0.29) is 18.1 Å². The number of amides is 1. The fraction of sp³-hybridized carbons (Fsp3) is 0.273. The number of carbonyl (C=O) groups excluding carboxylic acids is 1. The lowest BCUT2D eigenvalue weighted by molar-refractivity contribution is -0.116. The second kappa shape index (κ2) is 10.2. The van der Waals surface area contributed by atoms with Crippen LogP contribution in [0, 0.1) is 5.82 Å². The number of nitrogens with zero attached hydrogens (tertiary/aromatic N) is 1. The van der Waals surface area contributed by atoms with Crippen LogP contribution < -0.4 is 5.32 Å². The van der Waals surface area contributed by atoms with Crippen LogP contribution in [-0.2, 0) is 26.4 Å². The van der Waals surface area contributed by atoms with Gasteiger partial charge in [-0.25, -0.2) is 4.39 Å². The van der Waals surface area contributed by atoms with Gasteiger partial charge in [0.1, 0.15) is 5.82 Å². The van der Waals surface area contributed by atoms with Gasteiger partial charge in [-0.05, 0) is 64.7 Å². The predicted octanol–water partition coefficient (Wildman–Crippen LogP) is 5.51. The van der Waals surface area contributed by atoms with Crippen LogP contribution in [0.1, 0.15) is 24.0 Å². The van der Waals surface area contributed by atoms with Crippen LogP contribution >= 0.6 is 23.9 Å². The summed E-state index contributed by atoms with van der Waals surface area (Å²) in [5, 5.41) is 6.68. The molecule has 1 aliphatic heterocycles. The number of rotatable bonds is 7. The average molecular weight is 524 g/mol. The van der Waals surface area contributed by atoms with Gasteiger partial charge in [-0.2, -0.15) is 0 Å². The molecule has 1 amide bonds. The summed E-state index contributed by atoms with van der Waals surface area (Å²) in [7, 11) is -2.83.